The fourth-order valence-corrected chi connectivity index (χ4v) is 4.98. The molecule has 0 bridgehead atoms. The Morgan fingerprint density at radius 2 is 1.35 bits per heavy atom. The van der Waals surface area contributed by atoms with Crippen molar-refractivity contribution in [2.75, 3.05) is 6.61 Å². The molecule has 2 amide bonds. The molecule has 0 aliphatic rings. The second kappa shape index (κ2) is 15.6. The Labute approximate surface area is 274 Å². The average molecular weight is 701 g/mol. The molecule has 0 unspecified atom stereocenters. The lowest BCUT2D eigenvalue weighted by atomic mass is 9.77. The predicted molar refractivity (Wildman–Crippen MR) is 159 cm³/mol. The lowest BCUT2D eigenvalue weighted by Gasteiger charge is -2.37. The van der Waals surface area contributed by atoms with Gasteiger partial charge in [-0.25, -0.2) is 13.6 Å². The fourth-order valence-electron chi connectivity index (χ4n) is 4.98. The van der Waals surface area contributed by atoms with Crippen LogP contribution in [0.25, 0.3) is 0 Å². The summed E-state index contributed by atoms with van der Waals surface area (Å²) in [5, 5.41) is 14.6. The third-order valence-electron chi connectivity index (χ3n) is 7.29. The van der Waals surface area contributed by atoms with Crippen LogP contribution < -0.4 is 15.4 Å². The van der Waals surface area contributed by atoms with Crippen molar-refractivity contribution in [2.45, 2.75) is 49.4 Å². The quantitative estimate of drug-likeness (QED) is 0.119. The molecule has 0 aromatic heterocycles. The summed E-state index contributed by atoms with van der Waals surface area (Å²) in [6.07, 6.45) is -18.1. The molecule has 49 heavy (non-hydrogen) atoms. The van der Waals surface area contributed by atoms with Gasteiger partial charge in [0.25, 0.3) is 0 Å². The number of aliphatic hydroxyl groups excluding tert-OH is 1. The van der Waals surface area contributed by atoms with E-state index >= 15 is 4.39 Å². The SMILES string of the molecule is O=C(N[C@H](COCc1ccccc1)[C@@H](O)C(F)(F)F)N[C@](Cc1ccccc1)(c1ccc(F)cc1)c1cc(F)cc(OC(F)(F)C(F)F)c1. The Hall–Kier alpha value is -4.76. The minimum Gasteiger partial charge on any atom is -0.428 e. The first-order valence-corrected chi connectivity index (χ1v) is 14.5. The molecule has 4 rings (SSSR count). The van der Waals surface area contributed by atoms with Crippen molar-refractivity contribution >= 4 is 6.03 Å². The van der Waals surface area contributed by atoms with Gasteiger partial charge in [0.1, 0.15) is 17.4 Å². The number of amides is 2. The maximum absolute atomic E-state index is 15.0. The Balaban J connectivity index is 1.79. The van der Waals surface area contributed by atoms with Crippen LogP contribution >= 0.6 is 0 Å². The van der Waals surface area contributed by atoms with Gasteiger partial charge in [0.15, 0.2) is 6.10 Å². The smallest absolute Gasteiger partial charge is 0.428 e. The molecule has 262 valence electrons. The number of hydrogen-bond acceptors (Lipinski definition) is 4. The molecule has 3 N–H and O–H groups in total. The average Bonchev–Trinajstić information content (AvgIpc) is 3.04. The summed E-state index contributed by atoms with van der Waals surface area (Å²) in [6, 6.07) is 18.7. The van der Waals surface area contributed by atoms with E-state index < -0.39 is 72.0 Å². The van der Waals surface area contributed by atoms with Gasteiger partial charge in [-0.2, -0.15) is 30.7 Å². The van der Waals surface area contributed by atoms with Gasteiger partial charge in [0, 0.05) is 12.5 Å². The molecule has 0 aliphatic carbocycles. The maximum atomic E-state index is 15.0. The number of benzene rings is 4. The van der Waals surface area contributed by atoms with Crippen molar-refractivity contribution in [3.63, 3.8) is 0 Å². The first-order valence-electron chi connectivity index (χ1n) is 14.5. The zero-order valence-electron chi connectivity index (χ0n) is 25.2. The highest BCUT2D eigenvalue weighted by atomic mass is 19.4. The number of ether oxygens (including phenoxy) is 2. The van der Waals surface area contributed by atoms with Crippen LogP contribution in [0, 0.1) is 11.6 Å². The lowest BCUT2D eigenvalue weighted by Crippen LogP contribution is -2.58. The van der Waals surface area contributed by atoms with Crippen molar-refractivity contribution in [1.82, 2.24) is 10.6 Å². The van der Waals surface area contributed by atoms with E-state index in [1.165, 1.54) is 0 Å². The molecule has 4 aromatic carbocycles. The number of carbonyl (C=O) groups is 1. The second-order valence-corrected chi connectivity index (χ2v) is 10.9. The molecule has 0 spiro atoms. The minimum absolute atomic E-state index is 0.0293. The number of alkyl halides is 7. The van der Waals surface area contributed by atoms with Gasteiger partial charge in [-0.15, -0.1) is 0 Å². The van der Waals surface area contributed by atoms with E-state index in [9.17, 15) is 45.0 Å². The van der Waals surface area contributed by atoms with E-state index in [0.29, 0.717) is 17.2 Å². The Morgan fingerprint density at radius 1 is 0.755 bits per heavy atom. The number of halogens is 9. The van der Waals surface area contributed by atoms with Gasteiger partial charge >= 0.3 is 24.7 Å². The summed E-state index contributed by atoms with van der Waals surface area (Å²) in [5.74, 6) is -3.12. The van der Waals surface area contributed by atoms with Crippen LogP contribution in [0.15, 0.2) is 103 Å². The highest BCUT2D eigenvalue weighted by Crippen LogP contribution is 2.38. The molecule has 0 saturated heterocycles. The van der Waals surface area contributed by atoms with E-state index in [-0.39, 0.29) is 18.6 Å². The summed E-state index contributed by atoms with van der Waals surface area (Å²) in [6.45, 7) is -1.03. The number of aliphatic hydroxyl groups is 1. The van der Waals surface area contributed by atoms with Crippen LogP contribution in [-0.4, -0.2) is 48.6 Å². The van der Waals surface area contributed by atoms with Crippen molar-refractivity contribution in [2.24, 2.45) is 0 Å². The number of urea groups is 1. The largest absolute Gasteiger partial charge is 0.461 e. The van der Waals surface area contributed by atoms with Crippen molar-refractivity contribution in [1.29, 1.82) is 0 Å². The molecular formula is C34H29F9N2O4. The summed E-state index contributed by atoms with van der Waals surface area (Å²) < 4.78 is 133. The topological polar surface area (TPSA) is 79.8 Å². The molecule has 3 atom stereocenters. The van der Waals surface area contributed by atoms with Gasteiger partial charge in [0.2, 0.25) is 0 Å². The molecule has 0 radical (unpaired) electrons. The number of hydrogen-bond donors (Lipinski definition) is 3. The number of rotatable bonds is 14. The number of carbonyl (C=O) groups excluding carboxylic acids is 1. The minimum atomic E-state index is -5.23. The van der Waals surface area contributed by atoms with E-state index in [2.05, 4.69) is 10.1 Å². The third-order valence-corrected chi connectivity index (χ3v) is 7.29. The summed E-state index contributed by atoms with van der Waals surface area (Å²) in [7, 11) is 0. The van der Waals surface area contributed by atoms with Crippen LogP contribution in [0.2, 0.25) is 0 Å². The molecule has 4 aromatic rings. The fraction of sp³-hybridized carbons (Fsp3) is 0.265. The molecule has 0 aliphatic heterocycles. The highest BCUT2D eigenvalue weighted by Gasteiger charge is 2.46. The Kier molecular flexibility index (Phi) is 11.8. The van der Waals surface area contributed by atoms with Crippen LogP contribution in [0.3, 0.4) is 0 Å². The summed E-state index contributed by atoms with van der Waals surface area (Å²) in [5.41, 5.74) is -1.57. The van der Waals surface area contributed by atoms with Gasteiger partial charge in [-0.3, -0.25) is 0 Å². The second-order valence-electron chi connectivity index (χ2n) is 10.9. The van der Waals surface area contributed by atoms with Crippen LogP contribution in [0.5, 0.6) is 5.75 Å². The predicted octanol–water partition coefficient (Wildman–Crippen LogP) is 7.50. The van der Waals surface area contributed by atoms with Crippen LogP contribution in [0.1, 0.15) is 22.3 Å². The van der Waals surface area contributed by atoms with E-state index in [4.69, 9.17) is 4.74 Å². The number of nitrogens with one attached hydrogen (secondary N) is 2. The summed E-state index contributed by atoms with van der Waals surface area (Å²) in [4.78, 5) is 13.7. The monoisotopic (exact) mass is 700 g/mol. The third kappa shape index (κ3) is 9.89. The van der Waals surface area contributed by atoms with Crippen molar-refractivity contribution in [3.05, 3.63) is 137 Å². The van der Waals surface area contributed by atoms with E-state index in [1.54, 1.807) is 60.7 Å². The first kappa shape index (κ1) is 37.1. The zero-order valence-corrected chi connectivity index (χ0v) is 25.2. The van der Waals surface area contributed by atoms with E-state index in [1.807, 2.05) is 5.32 Å². The Bertz CT molecular complexity index is 1660. The highest BCUT2D eigenvalue weighted by molar-refractivity contribution is 5.76. The molecule has 0 heterocycles. The van der Waals surface area contributed by atoms with Gasteiger partial charge in [-0.1, -0.05) is 72.8 Å². The normalized spacial score (nSPS) is 14.5. The Morgan fingerprint density at radius 3 is 1.92 bits per heavy atom. The van der Waals surface area contributed by atoms with Gasteiger partial charge < -0.3 is 25.2 Å². The summed E-state index contributed by atoms with van der Waals surface area (Å²) >= 11 is 0. The van der Waals surface area contributed by atoms with Crippen LogP contribution in [0.4, 0.5) is 44.3 Å². The molecule has 15 heteroatoms. The standard InChI is InChI=1S/C34H29F9N2O4/c35-25-13-11-23(12-14-25)32(18-21-7-3-1-4-8-21,24-15-26(36)17-27(16-24)49-34(42,43)30(37)38)45-31(47)44-28(29(46)33(39,40)41)20-48-19-22-9-5-2-6-10-22/h1-17,28-30,46H,18-20H2,(H2,44,45,47)/t28-,29-,32-/m1/s1. The molecule has 0 fully saturated rings. The maximum Gasteiger partial charge on any atom is 0.461 e. The van der Waals surface area contributed by atoms with E-state index in [0.717, 1.165) is 36.4 Å². The molecule has 6 nitrogen and oxygen atoms in total. The lowest BCUT2D eigenvalue weighted by molar-refractivity contribution is -0.253. The molecular weight excluding hydrogens is 671 g/mol. The van der Waals surface area contributed by atoms with Gasteiger partial charge in [-0.05, 0) is 46.5 Å². The van der Waals surface area contributed by atoms with Crippen LogP contribution in [-0.2, 0) is 23.3 Å². The van der Waals surface area contributed by atoms with Gasteiger partial charge in [0.05, 0.1) is 24.8 Å². The van der Waals surface area contributed by atoms with Crippen molar-refractivity contribution in [3.8, 4) is 5.75 Å². The van der Waals surface area contributed by atoms with Crippen molar-refractivity contribution < 1.29 is 58.9 Å². The zero-order chi connectivity index (χ0) is 35.8. The molecule has 0 saturated carbocycles. The first-order chi connectivity index (χ1) is 23.1.